The first-order valence-electron chi connectivity index (χ1n) is 6.25. The van der Waals surface area contributed by atoms with Crippen LogP contribution in [0.3, 0.4) is 0 Å². The van der Waals surface area contributed by atoms with Crippen LogP contribution in [-0.2, 0) is 10.0 Å². The minimum Gasteiger partial charge on any atom is -0.469 e. The van der Waals surface area contributed by atoms with Gasteiger partial charge in [-0.05, 0) is 38.5 Å². The van der Waals surface area contributed by atoms with Gasteiger partial charge in [-0.1, -0.05) is 17.7 Å². The van der Waals surface area contributed by atoms with Crippen LogP contribution in [0.2, 0.25) is 0 Å². The van der Waals surface area contributed by atoms with Gasteiger partial charge in [0.2, 0.25) is 0 Å². The van der Waals surface area contributed by atoms with E-state index in [0.29, 0.717) is 11.3 Å². The Morgan fingerprint density at radius 3 is 2.43 bits per heavy atom. The van der Waals surface area contributed by atoms with Crippen molar-refractivity contribution in [2.45, 2.75) is 25.7 Å². The zero-order valence-electron chi connectivity index (χ0n) is 11.9. The molecule has 1 amide bonds. The predicted octanol–water partition coefficient (Wildman–Crippen LogP) is 1.83. The second kappa shape index (κ2) is 5.71. The molecule has 1 aromatic carbocycles. The molecule has 6 nitrogen and oxygen atoms in total. The highest BCUT2D eigenvalue weighted by molar-refractivity contribution is 7.89. The summed E-state index contributed by atoms with van der Waals surface area (Å²) in [5, 5.41) is 0. The van der Waals surface area contributed by atoms with Crippen molar-refractivity contribution in [1.29, 1.82) is 0 Å². The molecule has 0 aliphatic heterocycles. The smallest absolute Gasteiger partial charge is 0.269 e. The third-order valence-electron chi connectivity index (χ3n) is 3.02. The van der Waals surface area contributed by atoms with E-state index in [1.54, 1.807) is 26.0 Å². The SMILES string of the molecule is Cc1ccc(S(=O)(=O)NNC(=O)c2ccoc2C)c(C)c1. The lowest BCUT2D eigenvalue weighted by atomic mass is 10.2. The molecule has 0 unspecified atom stereocenters. The fourth-order valence-corrected chi connectivity index (χ4v) is 3.02. The van der Waals surface area contributed by atoms with Crippen molar-refractivity contribution in [3.8, 4) is 0 Å². The van der Waals surface area contributed by atoms with Crippen LogP contribution in [0.1, 0.15) is 27.2 Å². The largest absolute Gasteiger partial charge is 0.469 e. The van der Waals surface area contributed by atoms with Crippen molar-refractivity contribution in [2.24, 2.45) is 0 Å². The first kappa shape index (κ1) is 15.3. The summed E-state index contributed by atoms with van der Waals surface area (Å²) in [5.74, 6) is -0.159. The van der Waals surface area contributed by atoms with Crippen LogP contribution >= 0.6 is 0 Å². The molecule has 0 saturated heterocycles. The third-order valence-corrected chi connectivity index (χ3v) is 4.43. The van der Waals surface area contributed by atoms with Crippen LogP contribution in [0.5, 0.6) is 0 Å². The number of carbonyl (C=O) groups is 1. The Kier molecular flexibility index (Phi) is 4.15. The van der Waals surface area contributed by atoms with Gasteiger partial charge in [0.05, 0.1) is 16.7 Å². The van der Waals surface area contributed by atoms with Crippen molar-refractivity contribution < 1.29 is 17.6 Å². The highest BCUT2D eigenvalue weighted by Gasteiger charge is 2.19. The maximum atomic E-state index is 12.2. The van der Waals surface area contributed by atoms with E-state index in [9.17, 15) is 13.2 Å². The van der Waals surface area contributed by atoms with E-state index in [1.807, 2.05) is 6.92 Å². The normalized spacial score (nSPS) is 11.4. The highest BCUT2D eigenvalue weighted by Crippen LogP contribution is 2.16. The van der Waals surface area contributed by atoms with E-state index >= 15 is 0 Å². The molecular weight excluding hydrogens is 292 g/mol. The van der Waals surface area contributed by atoms with Crippen LogP contribution in [0.15, 0.2) is 39.8 Å². The summed E-state index contributed by atoms with van der Waals surface area (Å²) in [6.45, 7) is 5.19. The molecule has 0 spiro atoms. The van der Waals surface area contributed by atoms with E-state index < -0.39 is 15.9 Å². The highest BCUT2D eigenvalue weighted by atomic mass is 32.2. The summed E-state index contributed by atoms with van der Waals surface area (Å²) in [6, 6.07) is 6.43. The lowest BCUT2D eigenvalue weighted by Gasteiger charge is -2.10. The fraction of sp³-hybridized carbons (Fsp3) is 0.214. The molecule has 1 heterocycles. The summed E-state index contributed by atoms with van der Waals surface area (Å²) in [6.07, 6.45) is 1.36. The number of carbonyl (C=O) groups excluding carboxylic acids is 1. The Hall–Kier alpha value is -2.12. The van der Waals surface area contributed by atoms with Crippen LogP contribution in [-0.4, -0.2) is 14.3 Å². The zero-order valence-corrected chi connectivity index (χ0v) is 12.7. The first-order chi connectivity index (χ1) is 9.81. The average molecular weight is 308 g/mol. The molecular formula is C14H16N2O4S. The molecule has 21 heavy (non-hydrogen) atoms. The molecule has 0 atom stereocenters. The van der Waals surface area contributed by atoms with Gasteiger partial charge in [0, 0.05) is 0 Å². The fourth-order valence-electron chi connectivity index (χ4n) is 1.96. The van der Waals surface area contributed by atoms with Gasteiger partial charge in [0.1, 0.15) is 5.76 Å². The number of nitrogens with one attached hydrogen (secondary N) is 2. The van der Waals surface area contributed by atoms with Gasteiger partial charge in [-0.2, -0.15) is 0 Å². The van der Waals surface area contributed by atoms with Crippen LogP contribution in [0, 0.1) is 20.8 Å². The standard InChI is InChI=1S/C14H16N2O4S/c1-9-4-5-13(10(2)8-9)21(18,19)16-15-14(17)12-6-7-20-11(12)3/h4-8,16H,1-3H3,(H,15,17). The van der Waals surface area contributed by atoms with Crippen molar-refractivity contribution >= 4 is 15.9 Å². The Morgan fingerprint density at radius 1 is 1.14 bits per heavy atom. The van der Waals surface area contributed by atoms with Crippen LogP contribution in [0.4, 0.5) is 0 Å². The van der Waals surface area contributed by atoms with E-state index in [-0.39, 0.29) is 10.5 Å². The average Bonchev–Trinajstić information content (AvgIpc) is 2.82. The Balaban J connectivity index is 2.15. The Morgan fingerprint density at radius 2 is 1.86 bits per heavy atom. The second-order valence-corrected chi connectivity index (χ2v) is 6.37. The first-order valence-corrected chi connectivity index (χ1v) is 7.73. The number of hydrazine groups is 1. The van der Waals surface area contributed by atoms with Crippen molar-refractivity contribution in [2.75, 3.05) is 0 Å². The predicted molar refractivity (Wildman–Crippen MR) is 77.1 cm³/mol. The maximum Gasteiger partial charge on any atom is 0.269 e. The monoisotopic (exact) mass is 308 g/mol. The molecule has 0 bridgehead atoms. The van der Waals surface area contributed by atoms with Gasteiger partial charge in [0.15, 0.2) is 0 Å². The number of aryl methyl sites for hydroxylation is 3. The molecule has 2 aromatic rings. The number of furan rings is 1. The summed E-state index contributed by atoms with van der Waals surface area (Å²) in [7, 11) is -3.82. The third kappa shape index (κ3) is 3.32. The maximum absolute atomic E-state index is 12.2. The summed E-state index contributed by atoms with van der Waals surface area (Å²) >= 11 is 0. The van der Waals surface area contributed by atoms with E-state index in [4.69, 9.17) is 4.42 Å². The molecule has 2 N–H and O–H groups in total. The number of hydrogen-bond acceptors (Lipinski definition) is 4. The summed E-state index contributed by atoms with van der Waals surface area (Å²) in [4.78, 5) is 14.0. The van der Waals surface area contributed by atoms with Gasteiger partial charge in [-0.3, -0.25) is 10.2 Å². The van der Waals surface area contributed by atoms with E-state index in [2.05, 4.69) is 10.3 Å². The second-order valence-electron chi connectivity index (χ2n) is 4.72. The zero-order chi connectivity index (χ0) is 15.6. The lowest BCUT2D eigenvalue weighted by molar-refractivity contribution is 0.0943. The minimum absolute atomic E-state index is 0.123. The quantitative estimate of drug-likeness (QED) is 0.843. The number of rotatable bonds is 4. The van der Waals surface area contributed by atoms with Gasteiger partial charge >= 0.3 is 0 Å². The van der Waals surface area contributed by atoms with E-state index in [0.717, 1.165) is 5.56 Å². The molecule has 0 fully saturated rings. The number of benzene rings is 1. The van der Waals surface area contributed by atoms with Gasteiger partial charge < -0.3 is 4.42 Å². The van der Waals surface area contributed by atoms with Crippen molar-refractivity contribution in [3.05, 3.63) is 53.0 Å². The molecule has 112 valence electrons. The van der Waals surface area contributed by atoms with Gasteiger partial charge in [-0.15, -0.1) is 4.83 Å². The Labute approximate surface area is 123 Å². The van der Waals surface area contributed by atoms with Crippen LogP contribution in [0.25, 0.3) is 0 Å². The number of amides is 1. The number of sulfonamides is 1. The van der Waals surface area contributed by atoms with Crippen LogP contribution < -0.4 is 10.3 Å². The van der Waals surface area contributed by atoms with Gasteiger partial charge in [-0.25, -0.2) is 8.42 Å². The van der Waals surface area contributed by atoms with E-state index in [1.165, 1.54) is 18.4 Å². The molecule has 0 aliphatic rings. The van der Waals surface area contributed by atoms with Gasteiger partial charge in [0.25, 0.3) is 15.9 Å². The lowest BCUT2D eigenvalue weighted by Crippen LogP contribution is -2.41. The summed E-state index contributed by atoms with van der Waals surface area (Å²) < 4.78 is 29.3. The molecule has 7 heteroatoms. The summed E-state index contributed by atoms with van der Waals surface area (Å²) in [5.41, 5.74) is 4.02. The molecule has 0 saturated carbocycles. The topological polar surface area (TPSA) is 88.4 Å². The number of hydrogen-bond donors (Lipinski definition) is 2. The van der Waals surface area contributed by atoms with Crippen molar-refractivity contribution in [1.82, 2.24) is 10.3 Å². The molecule has 2 rings (SSSR count). The molecule has 0 aliphatic carbocycles. The Bertz CT molecular complexity index is 778. The molecule has 1 aromatic heterocycles. The minimum atomic E-state index is -3.82. The molecule has 0 radical (unpaired) electrons. The van der Waals surface area contributed by atoms with Crippen molar-refractivity contribution in [3.63, 3.8) is 0 Å².